The van der Waals surface area contributed by atoms with Crippen molar-refractivity contribution in [3.05, 3.63) is 80.7 Å². The van der Waals surface area contributed by atoms with Crippen LogP contribution in [0.15, 0.2) is 54.6 Å². The summed E-state index contributed by atoms with van der Waals surface area (Å²) in [6, 6.07) is 16.6. The molecular formula is C21H14N5O3S+. The molecule has 2 aromatic carbocycles. The third kappa shape index (κ3) is 3.01. The number of hydrogen-bond donors (Lipinski definition) is 2. The average molecular weight is 416 g/mol. The third-order valence-electron chi connectivity index (χ3n) is 4.68. The molecule has 0 unspecified atom stereocenters. The van der Waals surface area contributed by atoms with Gasteiger partial charge in [-0.05, 0) is 17.7 Å². The Morgan fingerprint density at radius 1 is 1.10 bits per heavy atom. The summed E-state index contributed by atoms with van der Waals surface area (Å²) in [5.74, 6) is -0.187. The number of fused-ring (bicyclic) bond motifs is 1. The number of rotatable bonds is 4. The molecule has 0 saturated carbocycles. The third-order valence-corrected chi connectivity index (χ3v) is 5.80. The van der Waals surface area contributed by atoms with Gasteiger partial charge < -0.3 is 5.73 Å². The van der Waals surface area contributed by atoms with E-state index in [0.29, 0.717) is 15.8 Å². The zero-order chi connectivity index (χ0) is 21.4. The molecule has 2 aromatic heterocycles. The molecule has 0 aliphatic heterocycles. The number of nitrogens with zero attached hydrogens (tertiary/aromatic N) is 2. The van der Waals surface area contributed by atoms with Crippen LogP contribution in [0.2, 0.25) is 0 Å². The maximum absolute atomic E-state index is 13.1. The summed E-state index contributed by atoms with van der Waals surface area (Å²) in [6.07, 6.45) is 0. The minimum Gasteiger partial charge on any atom is -0.397 e. The normalized spacial score (nSPS) is 10.6. The first-order chi connectivity index (χ1) is 14.4. The maximum Gasteiger partial charge on any atom is 0.290 e. The fourth-order valence-corrected chi connectivity index (χ4v) is 4.37. The smallest absolute Gasteiger partial charge is 0.290 e. The minimum atomic E-state index is -0.532. The van der Waals surface area contributed by atoms with Gasteiger partial charge in [0.25, 0.3) is 11.5 Å². The van der Waals surface area contributed by atoms with Gasteiger partial charge in [-0.3, -0.25) is 20.6 Å². The summed E-state index contributed by atoms with van der Waals surface area (Å²) >= 11 is 1.13. The Bertz CT molecular complexity index is 1360. The average Bonchev–Trinajstić information content (AvgIpc) is 3.08. The number of hydrogen-bond acceptors (Lipinski definition) is 7. The first-order valence-corrected chi connectivity index (χ1v) is 9.55. The van der Waals surface area contributed by atoms with Crippen molar-refractivity contribution in [3.63, 3.8) is 0 Å². The number of nitrogens with two attached hydrogens (primary N) is 2. The highest BCUT2D eigenvalue weighted by atomic mass is 32.1. The van der Waals surface area contributed by atoms with Crippen LogP contribution < -0.4 is 16.5 Å². The molecule has 0 amide bonds. The fourth-order valence-electron chi connectivity index (χ4n) is 3.27. The van der Waals surface area contributed by atoms with E-state index >= 15 is 0 Å². The van der Waals surface area contributed by atoms with Crippen LogP contribution in [0.1, 0.15) is 20.8 Å². The number of aromatic amines is 1. The van der Waals surface area contributed by atoms with Gasteiger partial charge in [-0.25, -0.2) is 4.98 Å². The molecule has 2 heterocycles. The Labute approximate surface area is 174 Å². The Morgan fingerprint density at radius 2 is 1.77 bits per heavy atom. The summed E-state index contributed by atoms with van der Waals surface area (Å²) in [5.41, 5.74) is 14.4. The van der Waals surface area contributed by atoms with E-state index in [4.69, 9.17) is 11.5 Å². The molecular weight excluding hydrogens is 402 g/mol. The Kier molecular flexibility index (Phi) is 4.62. The topological polar surface area (TPSA) is 150 Å². The number of ketones is 1. The van der Waals surface area contributed by atoms with Gasteiger partial charge >= 0.3 is 0 Å². The second kappa shape index (κ2) is 7.27. The van der Waals surface area contributed by atoms with E-state index in [1.165, 1.54) is 24.3 Å². The number of aromatic nitrogens is 1. The van der Waals surface area contributed by atoms with Crippen molar-refractivity contribution in [1.29, 1.82) is 5.26 Å². The van der Waals surface area contributed by atoms with E-state index in [1.54, 1.807) is 0 Å². The zero-order valence-electron chi connectivity index (χ0n) is 15.4. The van der Waals surface area contributed by atoms with Crippen molar-refractivity contribution < 1.29 is 14.7 Å². The van der Waals surface area contributed by atoms with Gasteiger partial charge in [0.15, 0.2) is 4.83 Å². The number of nitro groups is 1. The van der Waals surface area contributed by atoms with E-state index in [9.17, 15) is 20.2 Å². The van der Waals surface area contributed by atoms with Gasteiger partial charge in [-0.1, -0.05) is 41.7 Å². The summed E-state index contributed by atoms with van der Waals surface area (Å²) in [4.78, 5) is 27.2. The van der Waals surface area contributed by atoms with Crippen molar-refractivity contribution >= 4 is 44.5 Å². The van der Waals surface area contributed by atoms with Crippen LogP contribution in [0.25, 0.3) is 21.3 Å². The lowest BCUT2D eigenvalue weighted by atomic mass is 9.97. The standard InChI is InChI=1S/C21H13N5O3S/c22-10-14-15(11-4-2-1-3-5-11)16-17(23)19(30-21(16)25-20(14)24)18(27)12-6-8-13(9-7-12)26(28)29/h1-9H,23H2,(H2,24,25)/p+1. The number of H-pyrrole nitrogens is 1. The number of nitro benzene ring substituents is 1. The molecule has 0 spiro atoms. The SMILES string of the molecule is N#Cc1c(N)[nH+]c2sc(C(=O)c3ccc([N+](=O)[O-])cc3)c(N)c2c1-c1ccccc1. The van der Waals surface area contributed by atoms with Crippen LogP contribution in [0.3, 0.4) is 0 Å². The molecule has 0 atom stereocenters. The van der Waals surface area contributed by atoms with E-state index < -0.39 is 4.92 Å². The highest BCUT2D eigenvalue weighted by Gasteiger charge is 2.27. The van der Waals surface area contributed by atoms with Gasteiger partial charge in [0, 0.05) is 23.3 Å². The number of thiophene rings is 1. The van der Waals surface area contributed by atoms with Crippen molar-refractivity contribution in [2.75, 3.05) is 11.5 Å². The van der Waals surface area contributed by atoms with Gasteiger partial charge in [-0.15, -0.1) is 0 Å². The predicted octanol–water partition coefficient (Wildman–Crippen LogP) is 3.56. The summed E-state index contributed by atoms with van der Waals surface area (Å²) in [7, 11) is 0. The van der Waals surface area contributed by atoms with Crippen molar-refractivity contribution in [1.82, 2.24) is 0 Å². The number of benzene rings is 2. The first kappa shape index (κ1) is 19.0. The van der Waals surface area contributed by atoms with Crippen molar-refractivity contribution in [2.45, 2.75) is 0 Å². The molecule has 0 radical (unpaired) electrons. The van der Waals surface area contributed by atoms with Gasteiger partial charge in [0.1, 0.15) is 16.5 Å². The molecule has 4 aromatic rings. The number of anilines is 2. The van der Waals surface area contributed by atoms with Gasteiger partial charge in [-0.2, -0.15) is 5.26 Å². The molecule has 146 valence electrons. The molecule has 0 bridgehead atoms. The monoisotopic (exact) mass is 416 g/mol. The summed E-state index contributed by atoms with van der Waals surface area (Å²) < 4.78 is 0. The maximum atomic E-state index is 13.1. The van der Waals surface area contributed by atoms with E-state index in [0.717, 1.165) is 16.9 Å². The van der Waals surface area contributed by atoms with E-state index in [-0.39, 0.29) is 39.0 Å². The van der Waals surface area contributed by atoms with Gasteiger partial charge in [0.2, 0.25) is 5.78 Å². The Morgan fingerprint density at radius 3 is 2.37 bits per heavy atom. The van der Waals surface area contributed by atoms with Crippen LogP contribution in [0.4, 0.5) is 17.2 Å². The zero-order valence-corrected chi connectivity index (χ0v) is 16.2. The lowest BCUT2D eigenvalue weighted by molar-refractivity contribution is -0.384. The summed E-state index contributed by atoms with van der Waals surface area (Å²) in [5, 5.41) is 21.1. The lowest BCUT2D eigenvalue weighted by Crippen LogP contribution is -2.13. The van der Waals surface area contributed by atoms with Crippen LogP contribution in [-0.4, -0.2) is 10.7 Å². The molecule has 9 heteroatoms. The number of carbonyl (C=O) groups excluding carboxylic acids is 1. The van der Waals surface area contributed by atoms with Gasteiger partial charge in [0.05, 0.1) is 16.0 Å². The lowest BCUT2D eigenvalue weighted by Gasteiger charge is -2.07. The van der Waals surface area contributed by atoms with Crippen LogP contribution >= 0.6 is 11.3 Å². The molecule has 4 rings (SSSR count). The number of pyridine rings is 1. The predicted molar refractivity (Wildman–Crippen MR) is 114 cm³/mol. The number of nitriles is 1. The highest BCUT2D eigenvalue weighted by Crippen LogP contribution is 2.41. The second-order valence-corrected chi connectivity index (χ2v) is 7.47. The highest BCUT2D eigenvalue weighted by molar-refractivity contribution is 7.21. The van der Waals surface area contributed by atoms with Crippen LogP contribution in [0.5, 0.6) is 0 Å². The molecule has 5 N–H and O–H groups in total. The number of non-ortho nitro benzene ring substituents is 1. The number of carbonyl (C=O) groups is 1. The van der Waals surface area contributed by atoms with Crippen LogP contribution in [-0.2, 0) is 0 Å². The number of nitrogens with one attached hydrogen (secondary N) is 1. The molecule has 0 saturated heterocycles. The largest absolute Gasteiger partial charge is 0.397 e. The van der Waals surface area contributed by atoms with Crippen molar-refractivity contribution in [3.8, 4) is 17.2 Å². The molecule has 0 aliphatic rings. The number of nitrogen functional groups attached to an aromatic ring is 2. The first-order valence-electron chi connectivity index (χ1n) is 8.73. The molecule has 0 aliphatic carbocycles. The van der Waals surface area contributed by atoms with Crippen LogP contribution in [0, 0.1) is 21.4 Å². The summed E-state index contributed by atoms with van der Waals surface area (Å²) in [6.45, 7) is 0. The quantitative estimate of drug-likeness (QED) is 0.295. The molecule has 0 fully saturated rings. The second-order valence-electron chi connectivity index (χ2n) is 6.45. The van der Waals surface area contributed by atoms with E-state index in [1.807, 2.05) is 30.3 Å². The Balaban J connectivity index is 1.94. The van der Waals surface area contributed by atoms with E-state index in [2.05, 4.69) is 11.1 Å². The molecule has 8 nitrogen and oxygen atoms in total. The molecule has 30 heavy (non-hydrogen) atoms. The van der Waals surface area contributed by atoms with Crippen molar-refractivity contribution in [2.24, 2.45) is 0 Å². The minimum absolute atomic E-state index is 0.109. The fraction of sp³-hybridized carbons (Fsp3) is 0. The Hall–Kier alpha value is -4.29.